The van der Waals surface area contributed by atoms with Gasteiger partial charge in [0.25, 0.3) is 10.0 Å². The Labute approximate surface area is 181 Å². The van der Waals surface area contributed by atoms with E-state index in [0.717, 1.165) is 10.9 Å². The van der Waals surface area contributed by atoms with Crippen molar-refractivity contribution in [1.82, 2.24) is 0 Å². The lowest BCUT2D eigenvalue weighted by Crippen LogP contribution is -2.13. The van der Waals surface area contributed by atoms with Crippen LogP contribution in [0.4, 0.5) is 5.69 Å². The molecule has 0 unspecified atom stereocenters. The van der Waals surface area contributed by atoms with Gasteiger partial charge in [-0.15, -0.1) is 0 Å². The monoisotopic (exact) mass is 467 g/mol. The van der Waals surface area contributed by atoms with Crippen molar-refractivity contribution in [2.45, 2.75) is 24.9 Å². The number of halogens is 1. The van der Waals surface area contributed by atoms with Crippen LogP contribution < -0.4 is 4.72 Å². The van der Waals surface area contributed by atoms with Crippen LogP contribution in [0.25, 0.3) is 10.8 Å². The molecule has 0 saturated heterocycles. The van der Waals surface area contributed by atoms with Crippen LogP contribution in [0.5, 0.6) is 0 Å². The van der Waals surface area contributed by atoms with Crippen molar-refractivity contribution in [3.05, 3.63) is 71.2 Å². The minimum absolute atomic E-state index is 0.104. The Bertz CT molecular complexity index is 1170. The maximum Gasteiger partial charge on any atom is 0.335 e. The van der Waals surface area contributed by atoms with E-state index in [2.05, 4.69) is 4.72 Å². The molecule has 3 aromatic carbocycles. The third-order valence-corrected chi connectivity index (χ3v) is 8.13. The van der Waals surface area contributed by atoms with Crippen LogP contribution in [-0.4, -0.2) is 21.6 Å². The fourth-order valence-corrected chi connectivity index (χ4v) is 6.47. The molecule has 0 saturated carbocycles. The highest BCUT2D eigenvalue weighted by molar-refractivity contribution is 7.93. The Kier molecular flexibility index (Phi) is 7.22. The third-order valence-electron chi connectivity index (χ3n) is 4.34. The van der Waals surface area contributed by atoms with E-state index in [1.54, 1.807) is 56.3 Å². The zero-order valence-electron chi connectivity index (χ0n) is 16.7. The first-order valence-electron chi connectivity index (χ1n) is 9.45. The first-order chi connectivity index (χ1) is 14.3. The number of rotatable bonds is 9. The van der Waals surface area contributed by atoms with Gasteiger partial charge < -0.3 is 9.05 Å². The predicted molar refractivity (Wildman–Crippen MR) is 121 cm³/mol. The highest BCUT2D eigenvalue weighted by Gasteiger charge is 2.24. The topological polar surface area (TPSA) is 81.7 Å². The molecule has 0 aliphatic rings. The van der Waals surface area contributed by atoms with Crippen LogP contribution in [0, 0.1) is 0 Å². The lowest BCUT2D eigenvalue weighted by Gasteiger charge is -2.17. The fraction of sp³-hybridized carbons (Fsp3) is 0.238. The molecule has 30 heavy (non-hydrogen) atoms. The number of hydrogen-bond donors (Lipinski definition) is 1. The molecule has 0 aromatic heterocycles. The smallest absolute Gasteiger partial charge is 0.309 e. The van der Waals surface area contributed by atoms with Crippen molar-refractivity contribution in [3.8, 4) is 0 Å². The van der Waals surface area contributed by atoms with Gasteiger partial charge in [0.15, 0.2) is 0 Å². The van der Waals surface area contributed by atoms with Crippen LogP contribution in [0.3, 0.4) is 0 Å². The van der Waals surface area contributed by atoms with Gasteiger partial charge in [0.1, 0.15) is 0 Å². The van der Waals surface area contributed by atoms with Gasteiger partial charge in [-0.1, -0.05) is 48.0 Å². The summed E-state index contributed by atoms with van der Waals surface area (Å²) in [6.45, 7) is 4.07. The predicted octanol–water partition coefficient (Wildman–Crippen LogP) is 6.06. The van der Waals surface area contributed by atoms with Crippen molar-refractivity contribution in [2.24, 2.45) is 0 Å². The molecule has 0 radical (unpaired) electrons. The van der Waals surface area contributed by atoms with Gasteiger partial charge in [-0.05, 0) is 49.1 Å². The van der Waals surface area contributed by atoms with E-state index in [1.807, 2.05) is 12.1 Å². The zero-order valence-corrected chi connectivity index (χ0v) is 19.1. The Balaban J connectivity index is 1.84. The van der Waals surface area contributed by atoms with E-state index in [4.69, 9.17) is 20.6 Å². The van der Waals surface area contributed by atoms with Gasteiger partial charge in [0.05, 0.1) is 24.3 Å². The van der Waals surface area contributed by atoms with Crippen molar-refractivity contribution < 1.29 is 22.0 Å². The van der Waals surface area contributed by atoms with Crippen molar-refractivity contribution in [3.63, 3.8) is 0 Å². The van der Waals surface area contributed by atoms with E-state index in [-0.39, 0.29) is 24.3 Å². The normalized spacial score (nSPS) is 12.2. The van der Waals surface area contributed by atoms with E-state index in [1.165, 1.54) is 6.07 Å². The van der Waals surface area contributed by atoms with Crippen LogP contribution in [0.15, 0.2) is 65.6 Å². The number of anilines is 1. The number of fused-ring (bicyclic) bond motifs is 1. The second-order valence-corrected chi connectivity index (χ2v) is 10.6. The first kappa shape index (κ1) is 22.8. The molecule has 0 aliphatic heterocycles. The molecule has 0 fully saturated rings. The molecule has 160 valence electrons. The molecule has 0 spiro atoms. The summed E-state index contributed by atoms with van der Waals surface area (Å²) in [4.78, 5) is 0.104. The lowest BCUT2D eigenvalue weighted by molar-refractivity contribution is 0.219. The summed E-state index contributed by atoms with van der Waals surface area (Å²) >= 11 is 6.26. The maximum absolute atomic E-state index is 13.0. The molecule has 3 rings (SSSR count). The summed E-state index contributed by atoms with van der Waals surface area (Å²) in [6.07, 6.45) is 0.112. The largest absolute Gasteiger partial charge is 0.335 e. The van der Waals surface area contributed by atoms with Crippen molar-refractivity contribution in [2.75, 3.05) is 17.9 Å². The third kappa shape index (κ3) is 5.23. The minimum atomic E-state index is -3.87. The molecule has 3 aromatic rings. The van der Waals surface area contributed by atoms with E-state index in [9.17, 15) is 13.0 Å². The maximum atomic E-state index is 13.0. The van der Waals surface area contributed by atoms with Crippen molar-refractivity contribution >= 4 is 45.7 Å². The highest BCUT2D eigenvalue weighted by Crippen LogP contribution is 2.51. The average molecular weight is 468 g/mol. The number of benzene rings is 3. The van der Waals surface area contributed by atoms with E-state index in [0.29, 0.717) is 16.1 Å². The summed E-state index contributed by atoms with van der Waals surface area (Å²) in [5.41, 5.74) is 1.10. The summed E-state index contributed by atoms with van der Waals surface area (Å²) < 4.78 is 51.8. The highest BCUT2D eigenvalue weighted by atomic mass is 35.5. The summed E-state index contributed by atoms with van der Waals surface area (Å²) in [5.74, 6) is 0. The van der Waals surface area contributed by atoms with Gasteiger partial charge in [-0.3, -0.25) is 9.29 Å². The van der Waals surface area contributed by atoms with E-state index >= 15 is 0 Å². The Hall–Kier alpha value is -1.89. The lowest BCUT2D eigenvalue weighted by atomic mass is 10.1. The zero-order chi connectivity index (χ0) is 21.8. The molecule has 0 heterocycles. The quantitative estimate of drug-likeness (QED) is 0.387. The Morgan fingerprint density at radius 2 is 1.53 bits per heavy atom. The van der Waals surface area contributed by atoms with E-state index < -0.39 is 17.6 Å². The van der Waals surface area contributed by atoms with Crippen LogP contribution in [0.1, 0.15) is 19.4 Å². The van der Waals surface area contributed by atoms with Crippen LogP contribution >= 0.6 is 19.2 Å². The van der Waals surface area contributed by atoms with Crippen LogP contribution in [-0.2, 0) is 29.8 Å². The molecule has 1 N–H and O–H groups in total. The molecular weight excluding hydrogens is 445 g/mol. The van der Waals surface area contributed by atoms with Gasteiger partial charge in [-0.2, -0.15) is 0 Å². The standard InChI is InChI=1S/C21H23ClNO5PS/c1-3-27-29(24,28-4-2)15-16-11-13-18(14-12-16)23-30(25,26)20-10-6-8-17-7-5-9-19(22)21(17)20/h5-14,23H,3-4,15H2,1-2H3. The average Bonchev–Trinajstić information content (AvgIpc) is 2.69. The van der Waals surface area contributed by atoms with Crippen molar-refractivity contribution in [1.29, 1.82) is 0 Å². The second kappa shape index (κ2) is 9.50. The molecule has 6 nitrogen and oxygen atoms in total. The van der Waals surface area contributed by atoms with Gasteiger partial charge in [0, 0.05) is 16.1 Å². The molecule has 0 amide bonds. The molecule has 9 heteroatoms. The number of hydrogen-bond acceptors (Lipinski definition) is 5. The summed E-state index contributed by atoms with van der Waals surface area (Å²) in [7, 11) is -7.10. The molecule has 0 aliphatic carbocycles. The summed E-state index contributed by atoms with van der Waals surface area (Å²) in [6, 6.07) is 16.9. The van der Waals surface area contributed by atoms with Crippen LogP contribution in [0.2, 0.25) is 5.02 Å². The van der Waals surface area contributed by atoms with Gasteiger partial charge in [-0.25, -0.2) is 8.42 Å². The minimum Gasteiger partial charge on any atom is -0.309 e. The number of nitrogens with one attached hydrogen (secondary N) is 1. The SMILES string of the molecule is CCOP(=O)(Cc1ccc(NS(=O)(=O)c2cccc3cccc(Cl)c23)cc1)OCC. The molecule has 0 atom stereocenters. The number of sulfonamides is 1. The summed E-state index contributed by atoms with van der Waals surface area (Å²) in [5, 5.41) is 1.58. The first-order valence-corrected chi connectivity index (χ1v) is 13.0. The molecular formula is C21H23ClNO5PS. The fourth-order valence-electron chi connectivity index (χ4n) is 3.12. The van der Waals surface area contributed by atoms with Gasteiger partial charge in [0.2, 0.25) is 0 Å². The van der Waals surface area contributed by atoms with Gasteiger partial charge >= 0.3 is 7.60 Å². The second-order valence-electron chi connectivity index (χ2n) is 6.50. The Morgan fingerprint density at radius 1 is 0.933 bits per heavy atom. The Morgan fingerprint density at radius 3 is 2.13 bits per heavy atom. The molecule has 0 bridgehead atoms.